The molecule has 1 aromatic rings. The van der Waals surface area contributed by atoms with Crippen molar-refractivity contribution in [2.24, 2.45) is 11.8 Å². The minimum absolute atomic E-state index is 0.0789. The van der Waals surface area contributed by atoms with E-state index in [0.29, 0.717) is 25.9 Å². The van der Waals surface area contributed by atoms with E-state index in [4.69, 9.17) is 9.84 Å². The lowest BCUT2D eigenvalue weighted by Crippen LogP contribution is -2.19. The quantitative estimate of drug-likeness (QED) is 0.253. The SMILES string of the molecule is CCCOCCc1cccc(CC(O)C=C[C@H]2[C@H](O)CC(=O)[C@@H]2CCCCCCC(=O)O)c1. The zero-order valence-corrected chi connectivity index (χ0v) is 19.8. The standard InChI is InChI=1S/C27H40O6/c1-2-15-33-16-14-20-8-7-9-21(17-20)18-22(28)12-13-24-23(25(29)19-26(24)30)10-5-3-4-6-11-27(31)32/h7-9,12-13,17,22-24,26,28,30H,2-6,10-11,14-16,18-19H2,1H3,(H,31,32)/t22?,23-,24-,26-/m1/s1. The number of Topliss-reactive ketones (excluding diaryl/α,β-unsaturated/α-hetero) is 1. The summed E-state index contributed by atoms with van der Waals surface area (Å²) < 4.78 is 5.55. The van der Waals surface area contributed by atoms with Crippen LogP contribution in [0.4, 0.5) is 0 Å². The van der Waals surface area contributed by atoms with Gasteiger partial charge in [0.25, 0.3) is 0 Å². The van der Waals surface area contributed by atoms with E-state index in [-0.39, 0.29) is 30.5 Å². The van der Waals surface area contributed by atoms with Crippen LogP contribution in [0.2, 0.25) is 0 Å². The smallest absolute Gasteiger partial charge is 0.303 e. The Morgan fingerprint density at radius 2 is 1.94 bits per heavy atom. The Labute approximate surface area is 197 Å². The monoisotopic (exact) mass is 460 g/mol. The van der Waals surface area contributed by atoms with Crippen molar-refractivity contribution in [2.45, 2.75) is 83.3 Å². The number of ketones is 1. The third kappa shape index (κ3) is 10.2. The maximum Gasteiger partial charge on any atom is 0.303 e. The van der Waals surface area contributed by atoms with Crippen LogP contribution in [0.1, 0.15) is 69.4 Å². The molecule has 0 spiro atoms. The van der Waals surface area contributed by atoms with Crippen LogP contribution in [0.5, 0.6) is 0 Å². The van der Waals surface area contributed by atoms with Gasteiger partial charge in [0.2, 0.25) is 0 Å². The molecular formula is C27H40O6. The number of carbonyl (C=O) groups is 2. The van der Waals surface area contributed by atoms with Gasteiger partial charge in [0.1, 0.15) is 5.78 Å². The van der Waals surface area contributed by atoms with Crippen LogP contribution in [0.25, 0.3) is 0 Å². The number of aliphatic hydroxyl groups is 2. The Bertz CT molecular complexity index is 759. The number of ether oxygens (including phenoxy) is 1. The van der Waals surface area contributed by atoms with Gasteiger partial charge in [0, 0.05) is 37.7 Å². The maximum absolute atomic E-state index is 12.4. The van der Waals surface area contributed by atoms with Crippen molar-refractivity contribution < 1.29 is 29.6 Å². The molecule has 0 heterocycles. The first-order valence-electron chi connectivity index (χ1n) is 12.3. The van der Waals surface area contributed by atoms with E-state index in [1.807, 2.05) is 18.2 Å². The summed E-state index contributed by atoms with van der Waals surface area (Å²) in [7, 11) is 0. The number of carboxylic acid groups (broad SMARTS) is 1. The second kappa shape index (κ2) is 15.0. The molecule has 184 valence electrons. The highest BCUT2D eigenvalue weighted by Crippen LogP contribution is 2.34. The predicted octanol–water partition coefficient (Wildman–Crippen LogP) is 4.11. The topological polar surface area (TPSA) is 104 Å². The summed E-state index contributed by atoms with van der Waals surface area (Å²) in [5, 5.41) is 29.6. The maximum atomic E-state index is 12.4. The third-order valence-electron chi connectivity index (χ3n) is 6.26. The summed E-state index contributed by atoms with van der Waals surface area (Å²) >= 11 is 0. The number of unbranched alkanes of at least 4 members (excludes halogenated alkanes) is 3. The van der Waals surface area contributed by atoms with E-state index < -0.39 is 18.2 Å². The van der Waals surface area contributed by atoms with E-state index >= 15 is 0 Å². The van der Waals surface area contributed by atoms with Gasteiger partial charge < -0.3 is 20.1 Å². The van der Waals surface area contributed by atoms with Crippen molar-refractivity contribution in [1.82, 2.24) is 0 Å². The van der Waals surface area contributed by atoms with Crippen molar-refractivity contribution in [3.8, 4) is 0 Å². The highest BCUT2D eigenvalue weighted by atomic mass is 16.5. The number of carbonyl (C=O) groups excluding carboxylic acids is 1. The van der Waals surface area contributed by atoms with Gasteiger partial charge in [-0.05, 0) is 36.8 Å². The van der Waals surface area contributed by atoms with Crippen LogP contribution >= 0.6 is 0 Å². The van der Waals surface area contributed by atoms with Crippen LogP contribution in [-0.4, -0.2) is 52.5 Å². The fraction of sp³-hybridized carbons (Fsp3) is 0.630. The van der Waals surface area contributed by atoms with Crippen molar-refractivity contribution in [3.63, 3.8) is 0 Å². The highest BCUT2D eigenvalue weighted by molar-refractivity contribution is 5.84. The highest BCUT2D eigenvalue weighted by Gasteiger charge is 2.39. The molecule has 4 atom stereocenters. The summed E-state index contributed by atoms with van der Waals surface area (Å²) in [5.74, 6) is -1.20. The molecule has 1 aromatic carbocycles. The zero-order chi connectivity index (χ0) is 24.1. The summed E-state index contributed by atoms with van der Waals surface area (Å²) in [4.78, 5) is 22.9. The average molecular weight is 461 g/mol. The summed E-state index contributed by atoms with van der Waals surface area (Å²) in [6, 6.07) is 8.14. The van der Waals surface area contributed by atoms with Crippen LogP contribution in [0.3, 0.4) is 0 Å². The van der Waals surface area contributed by atoms with Crippen LogP contribution in [0.15, 0.2) is 36.4 Å². The number of carboxylic acids is 1. The second-order valence-corrected chi connectivity index (χ2v) is 9.11. The fourth-order valence-corrected chi connectivity index (χ4v) is 4.50. The minimum Gasteiger partial charge on any atom is -0.481 e. The van der Waals surface area contributed by atoms with Gasteiger partial charge in [-0.3, -0.25) is 9.59 Å². The van der Waals surface area contributed by atoms with Gasteiger partial charge in [0.05, 0.1) is 18.8 Å². The molecule has 0 radical (unpaired) electrons. The Kier molecular flexibility index (Phi) is 12.4. The van der Waals surface area contributed by atoms with Crippen LogP contribution < -0.4 is 0 Å². The number of benzene rings is 1. The predicted molar refractivity (Wildman–Crippen MR) is 128 cm³/mol. The Morgan fingerprint density at radius 1 is 1.18 bits per heavy atom. The molecule has 0 aromatic heterocycles. The van der Waals surface area contributed by atoms with Gasteiger partial charge in [-0.2, -0.15) is 0 Å². The molecular weight excluding hydrogens is 420 g/mol. The Hall–Kier alpha value is -2.02. The normalized spacial score (nSPS) is 21.7. The average Bonchev–Trinajstić information content (AvgIpc) is 3.04. The lowest BCUT2D eigenvalue weighted by molar-refractivity contribution is -0.137. The van der Waals surface area contributed by atoms with E-state index in [0.717, 1.165) is 44.3 Å². The largest absolute Gasteiger partial charge is 0.481 e. The Morgan fingerprint density at radius 3 is 2.70 bits per heavy atom. The molecule has 1 fully saturated rings. The summed E-state index contributed by atoms with van der Waals surface area (Å²) in [6.45, 7) is 3.54. The summed E-state index contributed by atoms with van der Waals surface area (Å²) in [6.07, 6.45) is 8.70. The van der Waals surface area contributed by atoms with Crippen molar-refractivity contribution in [2.75, 3.05) is 13.2 Å². The minimum atomic E-state index is -0.777. The first-order valence-corrected chi connectivity index (χ1v) is 12.3. The Balaban J connectivity index is 1.83. The lowest BCUT2D eigenvalue weighted by atomic mass is 9.88. The van der Waals surface area contributed by atoms with E-state index in [1.54, 1.807) is 6.08 Å². The number of hydrogen-bond acceptors (Lipinski definition) is 5. The lowest BCUT2D eigenvalue weighted by Gasteiger charge is -2.18. The van der Waals surface area contributed by atoms with Gasteiger partial charge in [0.15, 0.2) is 0 Å². The fourth-order valence-electron chi connectivity index (χ4n) is 4.50. The van der Waals surface area contributed by atoms with Gasteiger partial charge in [-0.1, -0.05) is 62.6 Å². The van der Waals surface area contributed by atoms with Crippen LogP contribution in [0, 0.1) is 11.8 Å². The summed E-state index contributed by atoms with van der Waals surface area (Å²) in [5.41, 5.74) is 2.22. The number of aliphatic carboxylic acids is 1. The number of aliphatic hydroxyl groups excluding tert-OH is 2. The van der Waals surface area contributed by atoms with E-state index in [1.165, 1.54) is 5.56 Å². The molecule has 33 heavy (non-hydrogen) atoms. The van der Waals surface area contributed by atoms with Crippen molar-refractivity contribution in [3.05, 3.63) is 47.5 Å². The molecule has 6 nitrogen and oxygen atoms in total. The first kappa shape index (κ1) is 27.2. The zero-order valence-electron chi connectivity index (χ0n) is 19.8. The molecule has 6 heteroatoms. The molecule has 1 saturated carbocycles. The number of rotatable bonds is 16. The molecule has 0 aliphatic heterocycles. The first-order chi connectivity index (χ1) is 15.9. The molecule has 0 amide bonds. The van der Waals surface area contributed by atoms with E-state index in [2.05, 4.69) is 19.1 Å². The van der Waals surface area contributed by atoms with Crippen molar-refractivity contribution >= 4 is 11.8 Å². The van der Waals surface area contributed by atoms with E-state index in [9.17, 15) is 19.8 Å². The third-order valence-corrected chi connectivity index (χ3v) is 6.26. The molecule has 1 aliphatic rings. The molecule has 0 bridgehead atoms. The molecule has 1 unspecified atom stereocenters. The molecule has 3 N–H and O–H groups in total. The van der Waals surface area contributed by atoms with Crippen LogP contribution in [-0.2, 0) is 27.2 Å². The number of hydrogen-bond donors (Lipinski definition) is 3. The molecule has 1 aliphatic carbocycles. The van der Waals surface area contributed by atoms with Gasteiger partial charge in [-0.15, -0.1) is 0 Å². The van der Waals surface area contributed by atoms with Gasteiger partial charge >= 0.3 is 5.97 Å². The molecule has 0 saturated heterocycles. The van der Waals surface area contributed by atoms with Gasteiger partial charge in [-0.25, -0.2) is 0 Å². The second-order valence-electron chi connectivity index (χ2n) is 9.11. The molecule has 2 rings (SSSR count). The van der Waals surface area contributed by atoms with Crippen molar-refractivity contribution in [1.29, 1.82) is 0 Å².